The molecule has 0 amide bonds. The minimum Gasteiger partial charge on any atom is -0.292 e. The second-order valence-corrected chi connectivity index (χ2v) is 3.15. The van der Waals surface area contributed by atoms with E-state index in [4.69, 9.17) is 0 Å². The number of nitrogens with zero attached hydrogens (tertiary/aromatic N) is 1. The Morgan fingerprint density at radius 1 is 1.64 bits per heavy atom. The third kappa shape index (κ3) is 1.76. The molecule has 62 valence electrons. The van der Waals surface area contributed by atoms with Gasteiger partial charge in [0.05, 0.1) is 0 Å². The maximum atomic E-state index is 10.9. The Kier molecular flexibility index (Phi) is 2.22. The molecule has 0 spiro atoms. The van der Waals surface area contributed by atoms with Crippen molar-refractivity contribution in [3.63, 3.8) is 0 Å². The summed E-state index contributed by atoms with van der Waals surface area (Å²) in [6.45, 7) is 1.95. The van der Waals surface area contributed by atoms with Gasteiger partial charge in [-0.15, -0.1) is 0 Å². The average molecular weight is 157 g/mol. The Hall–Kier alpha value is -0.930. The summed E-state index contributed by atoms with van der Waals surface area (Å²) < 4.78 is 0. The highest BCUT2D eigenvalue weighted by Gasteiger charge is 2.34. The lowest BCUT2D eigenvalue weighted by molar-refractivity contribution is -0.510. The minimum absolute atomic E-state index is 0.201. The number of Topliss-reactive ketones (excluding diaryl/α,β-unsaturated/α-hetero) is 1. The number of ketones is 1. The molecule has 4 heteroatoms. The van der Waals surface area contributed by atoms with Crippen molar-refractivity contribution in [2.45, 2.75) is 32.2 Å². The first kappa shape index (κ1) is 8.17. The fourth-order valence-electron chi connectivity index (χ4n) is 1.39. The molecule has 1 rings (SSSR count). The van der Waals surface area contributed by atoms with Crippen molar-refractivity contribution in [2.75, 3.05) is 0 Å². The van der Waals surface area contributed by atoms with E-state index >= 15 is 0 Å². The first-order valence-corrected chi connectivity index (χ1v) is 3.77. The summed E-state index contributed by atoms with van der Waals surface area (Å²) in [5.41, 5.74) is 0. The van der Waals surface area contributed by atoms with Gasteiger partial charge in [-0.3, -0.25) is 14.9 Å². The second kappa shape index (κ2) is 2.98. The summed E-state index contributed by atoms with van der Waals surface area (Å²) in [5, 5.41) is 10.3. The van der Waals surface area contributed by atoms with Crippen LogP contribution in [0.25, 0.3) is 0 Å². The van der Waals surface area contributed by atoms with Gasteiger partial charge in [0.2, 0.25) is 5.78 Å². The SMILES string of the molecule is C[C@H]1CCC(=O)[C@@H]([N+](=O)[O-])C1. The summed E-state index contributed by atoms with van der Waals surface area (Å²) in [6, 6.07) is -0.918. The lowest BCUT2D eigenvalue weighted by atomic mass is 9.86. The molecule has 4 nitrogen and oxygen atoms in total. The van der Waals surface area contributed by atoms with Crippen LogP contribution >= 0.6 is 0 Å². The van der Waals surface area contributed by atoms with E-state index in [9.17, 15) is 14.9 Å². The fraction of sp³-hybridized carbons (Fsp3) is 0.857. The maximum Gasteiger partial charge on any atom is 0.270 e. The predicted molar refractivity (Wildman–Crippen MR) is 38.8 cm³/mol. The molecule has 0 aromatic carbocycles. The molecule has 0 saturated heterocycles. The Morgan fingerprint density at radius 2 is 2.27 bits per heavy atom. The Morgan fingerprint density at radius 3 is 2.73 bits per heavy atom. The molecule has 0 heterocycles. The number of hydrogen-bond donors (Lipinski definition) is 0. The predicted octanol–water partition coefficient (Wildman–Crippen LogP) is 1.02. The quantitative estimate of drug-likeness (QED) is 0.421. The molecule has 0 unspecified atom stereocenters. The molecular weight excluding hydrogens is 146 g/mol. The number of carbonyl (C=O) groups excluding carboxylic acids is 1. The van der Waals surface area contributed by atoms with Crippen molar-refractivity contribution in [1.29, 1.82) is 0 Å². The molecule has 0 radical (unpaired) electrons. The highest BCUT2D eigenvalue weighted by molar-refractivity contribution is 5.83. The Balaban J connectivity index is 2.61. The smallest absolute Gasteiger partial charge is 0.270 e. The van der Waals surface area contributed by atoms with E-state index in [0.717, 1.165) is 6.42 Å². The topological polar surface area (TPSA) is 60.2 Å². The van der Waals surface area contributed by atoms with E-state index in [2.05, 4.69) is 0 Å². The van der Waals surface area contributed by atoms with E-state index < -0.39 is 11.0 Å². The van der Waals surface area contributed by atoms with Gasteiger partial charge in [-0.2, -0.15) is 0 Å². The van der Waals surface area contributed by atoms with Crippen LogP contribution in [0.5, 0.6) is 0 Å². The molecule has 1 aliphatic rings. The zero-order chi connectivity index (χ0) is 8.43. The zero-order valence-electron chi connectivity index (χ0n) is 6.45. The summed E-state index contributed by atoms with van der Waals surface area (Å²) in [7, 11) is 0. The van der Waals surface area contributed by atoms with Gasteiger partial charge in [0.1, 0.15) is 0 Å². The molecule has 0 N–H and O–H groups in total. The van der Waals surface area contributed by atoms with Crippen LogP contribution < -0.4 is 0 Å². The molecule has 0 aromatic heterocycles. The largest absolute Gasteiger partial charge is 0.292 e. The van der Waals surface area contributed by atoms with Gasteiger partial charge in [-0.25, -0.2) is 0 Å². The van der Waals surface area contributed by atoms with Crippen LogP contribution in [-0.4, -0.2) is 16.7 Å². The van der Waals surface area contributed by atoms with Gasteiger partial charge < -0.3 is 0 Å². The van der Waals surface area contributed by atoms with E-state index in [1.54, 1.807) is 0 Å². The van der Waals surface area contributed by atoms with Crippen molar-refractivity contribution in [1.82, 2.24) is 0 Å². The Labute approximate surface area is 64.7 Å². The summed E-state index contributed by atoms with van der Waals surface area (Å²) in [5.74, 6) is 0.121. The molecule has 1 saturated carbocycles. The average Bonchev–Trinajstić information content (AvgIpc) is 1.94. The fourth-order valence-corrected chi connectivity index (χ4v) is 1.39. The first-order chi connectivity index (χ1) is 5.11. The van der Waals surface area contributed by atoms with Crippen molar-refractivity contribution >= 4 is 5.78 Å². The summed E-state index contributed by atoms with van der Waals surface area (Å²) >= 11 is 0. The van der Waals surface area contributed by atoms with Crippen LogP contribution in [0.1, 0.15) is 26.2 Å². The van der Waals surface area contributed by atoms with Crippen molar-refractivity contribution in [3.05, 3.63) is 10.1 Å². The van der Waals surface area contributed by atoms with E-state index in [1.807, 2.05) is 6.92 Å². The van der Waals surface area contributed by atoms with E-state index in [0.29, 0.717) is 18.8 Å². The lowest BCUT2D eigenvalue weighted by Gasteiger charge is -2.19. The summed E-state index contributed by atoms with van der Waals surface area (Å²) in [6.07, 6.45) is 1.61. The molecule has 2 atom stereocenters. The molecule has 0 aromatic rings. The normalized spacial score (nSPS) is 31.9. The summed E-state index contributed by atoms with van der Waals surface area (Å²) in [4.78, 5) is 20.8. The van der Waals surface area contributed by atoms with Gasteiger partial charge in [0, 0.05) is 17.8 Å². The van der Waals surface area contributed by atoms with Crippen molar-refractivity contribution < 1.29 is 9.72 Å². The maximum absolute atomic E-state index is 10.9. The van der Waals surface area contributed by atoms with Crippen LogP contribution in [0.2, 0.25) is 0 Å². The monoisotopic (exact) mass is 157 g/mol. The van der Waals surface area contributed by atoms with Crippen LogP contribution in [-0.2, 0) is 4.79 Å². The van der Waals surface area contributed by atoms with Gasteiger partial charge in [-0.1, -0.05) is 6.92 Å². The minimum atomic E-state index is -0.918. The van der Waals surface area contributed by atoms with Gasteiger partial charge in [0.25, 0.3) is 6.04 Å². The molecule has 0 aliphatic heterocycles. The molecule has 1 aliphatic carbocycles. The number of rotatable bonds is 1. The third-order valence-electron chi connectivity index (χ3n) is 2.14. The lowest BCUT2D eigenvalue weighted by Crippen LogP contribution is -2.35. The molecule has 0 bridgehead atoms. The van der Waals surface area contributed by atoms with Gasteiger partial charge in [0.15, 0.2) is 0 Å². The highest BCUT2D eigenvalue weighted by Crippen LogP contribution is 2.22. The van der Waals surface area contributed by atoms with E-state index in [1.165, 1.54) is 0 Å². The molecule has 1 fully saturated rings. The molecule has 11 heavy (non-hydrogen) atoms. The van der Waals surface area contributed by atoms with Gasteiger partial charge in [-0.05, 0) is 12.3 Å². The molecular formula is C7H11NO3. The third-order valence-corrected chi connectivity index (χ3v) is 2.14. The van der Waals surface area contributed by atoms with Crippen LogP contribution in [0.3, 0.4) is 0 Å². The highest BCUT2D eigenvalue weighted by atomic mass is 16.6. The van der Waals surface area contributed by atoms with Gasteiger partial charge >= 0.3 is 0 Å². The standard InChI is InChI=1S/C7H11NO3/c1-5-2-3-7(9)6(4-5)8(10)11/h5-6H,2-4H2,1H3/t5-,6-/m0/s1. The number of hydrogen-bond acceptors (Lipinski definition) is 3. The van der Waals surface area contributed by atoms with Crippen LogP contribution in [0.4, 0.5) is 0 Å². The first-order valence-electron chi connectivity index (χ1n) is 3.77. The van der Waals surface area contributed by atoms with Crippen molar-refractivity contribution in [3.8, 4) is 0 Å². The second-order valence-electron chi connectivity index (χ2n) is 3.15. The zero-order valence-corrected chi connectivity index (χ0v) is 6.45. The van der Waals surface area contributed by atoms with E-state index in [-0.39, 0.29) is 5.78 Å². The van der Waals surface area contributed by atoms with Crippen molar-refractivity contribution in [2.24, 2.45) is 5.92 Å². The number of carbonyl (C=O) groups is 1. The Bertz CT molecular complexity index is 190. The number of nitro groups is 1. The van der Waals surface area contributed by atoms with Crippen LogP contribution in [0, 0.1) is 16.0 Å². The van der Waals surface area contributed by atoms with Crippen LogP contribution in [0.15, 0.2) is 0 Å².